The second-order valence-corrected chi connectivity index (χ2v) is 6.62. The normalized spacial score (nSPS) is 30.1. The number of carbonyl (C=O) groups is 1. The zero-order valence-corrected chi connectivity index (χ0v) is 12.6. The minimum absolute atomic E-state index is 0.0187. The second-order valence-electron chi connectivity index (χ2n) is 6.62. The molecule has 0 saturated carbocycles. The Balaban J connectivity index is 1.87. The molecule has 1 amide bonds. The number of likely N-dealkylation sites (N-methyl/N-ethyl adjacent to an activating group) is 1. The minimum Gasteiger partial charge on any atom is -0.372 e. The van der Waals surface area contributed by atoms with Crippen LogP contribution in [-0.2, 0) is 9.53 Å². The highest BCUT2D eigenvalue weighted by Gasteiger charge is 2.43. The predicted molar refractivity (Wildman–Crippen MR) is 76.0 cm³/mol. The quantitative estimate of drug-likeness (QED) is 0.726. The highest BCUT2D eigenvalue weighted by Crippen LogP contribution is 2.38. The molecule has 4 nitrogen and oxygen atoms in total. The molecule has 0 bridgehead atoms. The van der Waals surface area contributed by atoms with Gasteiger partial charge in [0.15, 0.2) is 0 Å². The van der Waals surface area contributed by atoms with Gasteiger partial charge in [-0.25, -0.2) is 0 Å². The Morgan fingerprint density at radius 3 is 2.89 bits per heavy atom. The fourth-order valence-corrected chi connectivity index (χ4v) is 3.12. The minimum atomic E-state index is -0.0187. The maximum atomic E-state index is 12.1. The average molecular weight is 266 g/mol. The Morgan fingerprint density at radius 2 is 2.21 bits per heavy atom. The lowest BCUT2D eigenvalue weighted by Gasteiger charge is -2.33. The van der Waals surface area contributed by atoms with E-state index in [0.29, 0.717) is 12.0 Å². The van der Waals surface area contributed by atoms with Crippen molar-refractivity contribution in [2.75, 3.05) is 33.7 Å². The van der Waals surface area contributed by atoms with Crippen LogP contribution in [0.1, 0.15) is 26.7 Å². The molecule has 0 aromatic rings. The molecule has 2 aliphatic heterocycles. The van der Waals surface area contributed by atoms with Gasteiger partial charge in [0.05, 0.1) is 11.7 Å². The number of fused-ring (bicyclic) bond motifs is 1. The van der Waals surface area contributed by atoms with E-state index >= 15 is 0 Å². The molecule has 0 spiro atoms. The standard InChI is InChI=1S/C15H26N2O2/c1-15(2)10-12-11-17(9-7-13(12)19-15)14(18)6-5-8-16(3)4/h5-6,12-13H,7-11H2,1-4H3/b6-5+/t12-,13+/m1/s1. The Labute approximate surface area is 116 Å². The zero-order chi connectivity index (χ0) is 14.0. The molecule has 108 valence electrons. The summed E-state index contributed by atoms with van der Waals surface area (Å²) in [6.07, 6.45) is 6.03. The van der Waals surface area contributed by atoms with Crippen molar-refractivity contribution in [1.29, 1.82) is 0 Å². The Bertz CT molecular complexity index is 363. The van der Waals surface area contributed by atoms with E-state index < -0.39 is 0 Å². The van der Waals surface area contributed by atoms with Crippen LogP contribution in [0.15, 0.2) is 12.2 Å². The number of rotatable bonds is 3. The molecular weight excluding hydrogens is 240 g/mol. The lowest BCUT2D eigenvalue weighted by atomic mass is 9.90. The number of carbonyl (C=O) groups excluding carboxylic acids is 1. The van der Waals surface area contributed by atoms with Crippen LogP contribution < -0.4 is 0 Å². The molecule has 0 N–H and O–H groups in total. The van der Waals surface area contributed by atoms with E-state index in [1.54, 1.807) is 6.08 Å². The largest absolute Gasteiger partial charge is 0.372 e. The van der Waals surface area contributed by atoms with Gasteiger partial charge < -0.3 is 14.5 Å². The van der Waals surface area contributed by atoms with Crippen LogP contribution in [0.25, 0.3) is 0 Å². The number of hydrogen-bond acceptors (Lipinski definition) is 3. The second kappa shape index (κ2) is 5.63. The van der Waals surface area contributed by atoms with E-state index in [1.165, 1.54) is 0 Å². The summed E-state index contributed by atoms with van der Waals surface area (Å²) in [5.41, 5.74) is -0.0187. The van der Waals surface area contributed by atoms with E-state index in [9.17, 15) is 4.79 Å². The average Bonchev–Trinajstić information content (AvgIpc) is 2.60. The number of hydrogen-bond donors (Lipinski definition) is 0. The summed E-state index contributed by atoms with van der Waals surface area (Å²) < 4.78 is 6.03. The van der Waals surface area contributed by atoms with Gasteiger partial charge in [-0.1, -0.05) is 6.08 Å². The summed E-state index contributed by atoms with van der Waals surface area (Å²) in [4.78, 5) is 16.1. The molecule has 0 radical (unpaired) electrons. The van der Waals surface area contributed by atoms with Gasteiger partial charge in [0.2, 0.25) is 5.91 Å². The van der Waals surface area contributed by atoms with Crippen molar-refractivity contribution in [3.8, 4) is 0 Å². The molecule has 2 atom stereocenters. The van der Waals surface area contributed by atoms with E-state index in [1.807, 2.05) is 30.0 Å². The van der Waals surface area contributed by atoms with Gasteiger partial charge in [-0.3, -0.25) is 4.79 Å². The van der Waals surface area contributed by atoms with Gasteiger partial charge in [0, 0.05) is 31.6 Å². The fraction of sp³-hybridized carbons (Fsp3) is 0.800. The van der Waals surface area contributed by atoms with Crippen LogP contribution in [0.4, 0.5) is 0 Å². The monoisotopic (exact) mass is 266 g/mol. The van der Waals surface area contributed by atoms with Crippen LogP contribution in [0, 0.1) is 5.92 Å². The van der Waals surface area contributed by atoms with Crippen LogP contribution >= 0.6 is 0 Å². The first kappa shape index (κ1) is 14.5. The highest BCUT2D eigenvalue weighted by atomic mass is 16.5. The summed E-state index contributed by atoms with van der Waals surface area (Å²) >= 11 is 0. The van der Waals surface area contributed by atoms with Crippen molar-refractivity contribution >= 4 is 5.91 Å². The molecule has 4 heteroatoms. The SMILES string of the molecule is CN(C)C/C=C/C(=O)N1CC[C@@H]2OC(C)(C)C[C@@H]2C1. The maximum absolute atomic E-state index is 12.1. The van der Waals surface area contributed by atoms with Crippen LogP contribution in [0.5, 0.6) is 0 Å². The van der Waals surface area contributed by atoms with Gasteiger partial charge in [-0.15, -0.1) is 0 Å². The van der Waals surface area contributed by atoms with E-state index in [-0.39, 0.29) is 11.5 Å². The van der Waals surface area contributed by atoms with E-state index in [0.717, 1.165) is 32.5 Å². The first-order valence-electron chi connectivity index (χ1n) is 7.15. The third-order valence-corrected chi connectivity index (χ3v) is 3.93. The molecule has 0 aliphatic carbocycles. The molecule has 2 fully saturated rings. The van der Waals surface area contributed by atoms with Crippen LogP contribution in [0.2, 0.25) is 0 Å². The van der Waals surface area contributed by atoms with Gasteiger partial charge in [0.25, 0.3) is 0 Å². The van der Waals surface area contributed by atoms with Crippen molar-refractivity contribution < 1.29 is 9.53 Å². The summed E-state index contributed by atoms with van der Waals surface area (Å²) in [6.45, 7) is 6.77. The Morgan fingerprint density at radius 1 is 1.47 bits per heavy atom. The third kappa shape index (κ3) is 3.80. The molecule has 0 aromatic carbocycles. The zero-order valence-electron chi connectivity index (χ0n) is 12.6. The van der Waals surface area contributed by atoms with Crippen molar-refractivity contribution in [2.24, 2.45) is 5.92 Å². The molecule has 2 rings (SSSR count). The van der Waals surface area contributed by atoms with Crippen molar-refractivity contribution in [3.63, 3.8) is 0 Å². The Hall–Kier alpha value is -0.870. The molecule has 0 unspecified atom stereocenters. The molecule has 0 aromatic heterocycles. The summed E-state index contributed by atoms with van der Waals surface area (Å²) in [5, 5.41) is 0. The number of likely N-dealkylation sites (tertiary alicyclic amines) is 1. The van der Waals surface area contributed by atoms with Crippen molar-refractivity contribution in [2.45, 2.75) is 38.4 Å². The summed E-state index contributed by atoms with van der Waals surface area (Å²) in [5.74, 6) is 0.653. The number of ether oxygens (including phenoxy) is 1. The van der Waals surface area contributed by atoms with Crippen LogP contribution in [-0.4, -0.2) is 61.1 Å². The Kier molecular flexibility index (Phi) is 4.31. The lowest BCUT2D eigenvalue weighted by molar-refractivity contribution is -0.129. The van der Waals surface area contributed by atoms with E-state index in [4.69, 9.17) is 4.74 Å². The van der Waals surface area contributed by atoms with Gasteiger partial charge in [-0.2, -0.15) is 0 Å². The molecule has 2 heterocycles. The first-order valence-corrected chi connectivity index (χ1v) is 7.15. The van der Waals surface area contributed by atoms with Gasteiger partial charge >= 0.3 is 0 Å². The summed E-state index contributed by atoms with van der Waals surface area (Å²) in [6, 6.07) is 0. The number of nitrogens with zero attached hydrogens (tertiary/aromatic N) is 2. The molecule has 2 aliphatic rings. The van der Waals surface area contributed by atoms with Crippen molar-refractivity contribution in [1.82, 2.24) is 9.80 Å². The van der Waals surface area contributed by atoms with E-state index in [2.05, 4.69) is 13.8 Å². The van der Waals surface area contributed by atoms with Crippen LogP contribution in [0.3, 0.4) is 0 Å². The molecular formula is C15H26N2O2. The first-order chi connectivity index (χ1) is 8.87. The number of piperidine rings is 1. The van der Waals surface area contributed by atoms with Crippen molar-refractivity contribution in [3.05, 3.63) is 12.2 Å². The molecule has 2 saturated heterocycles. The predicted octanol–water partition coefficient (Wildman–Crippen LogP) is 1.52. The van der Waals surface area contributed by atoms with Gasteiger partial charge in [-0.05, 0) is 40.8 Å². The fourth-order valence-electron chi connectivity index (χ4n) is 3.12. The lowest BCUT2D eigenvalue weighted by Crippen LogP contribution is -2.43. The molecule has 19 heavy (non-hydrogen) atoms. The third-order valence-electron chi connectivity index (χ3n) is 3.93. The van der Waals surface area contributed by atoms with Gasteiger partial charge in [0.1, 0.15) is 0 Å². The smallest absolute Gasteiger partial charge is 0.246 e. The highest BCUT2D eigenvalue weighted by molar-refractivity contribution is 5.87. The summed E-state index contributed by atoms with van der Waals surface area (Å²) in [7, 11) is 4.00. The maximum Gasteiger partial charge on any atom is 0.246 e. The topological polar surface area (TPSA) is 32.8 Å². The number of amides is 1.